The van der Waals surface area contributed by atoms with Crippen molar-refractivity contribution in [1.29, 1.82) is 0 Å². The topological polar surface area (TPSA) is 29.1 Å². The molecule has 1 N–H and O–H groups in total. The maximum atomic E-state index is 12.7. The van der Waals surface area contributed by atoms with Gasteiger partial charge in [-0.05, 0) is 19.1 Å². The number of amides is 1. The van der Waals surface area contributed by atoms with Crippen LogP contribution >= 0.6 is 11.6 Å². The van der Waals surface area contributed by atoms with E-state index in [4.69, 9.17) is 11.6 Å². The molecule has 0 fully saturated rings. The summed E-state index contributed by atoms with van der Waals surface area (Å²) in [6.07, 6.45) is 0. The van der Waals surface area contributed by atoms with Crippen LogP contribution in [-0.4, -0.2) is 17.8 Å². The number of carbonyl (C=O) groups excluding carboxylic acids is 1. The quantitative estimate of drug-likeness (QED) is 0.798. The van der Waals surface area contributed by atoms with Crippen LogP contribution in [0.25, 0.3) is 0 Å². The van der Waals surface area contributed by atoms with Crippen LogP contribution in [0.2, 0.25) is 0 Å². The maximum absolute atomic E-state index is 12.7. The zero-order chi connectivity index (χ0) is 11.4. The van der Waals surface area contributed by atoms with E-state index in [0.29, 0.717) is 6.07 Å². The Balaban J connectivity index is 2.73. The van der Waals surface area contributed by atoms with Gasteiger partial charge in [-0.25, -0.2) is 8.78 Å². The number of alkyl halides is 1. The van der Waals surface area contributed by atoms with Gasteiger partial charge in [0.2, 0.25) is 0 Å². The van der Waals surface area contributed by atoms with Gasteiger partial charge in [0.1, 0.15) is 11.6 Å². The number of carbonyl (C=O) groups is 1. The van der Waals surface area contributed by atoms with Crippen LogP contribution in [-0.2, 0) is 0 Å². The van der Waals surface area contributed by atoms with E-state index in [1.165, 1.54) is 0 Å². The molecule has 1 unspecified atom stereocenters. The molecule has 0 aliphatic carbocycles. The molecule has 0 spiro atoms. The Bertz CT molecular complexity index is 348. The van der Waals surface area contributed by atoms with Crippen molar-refractivity contribution in [3.8, 4) is 0 Å². The minimum atomic E-state index is -0.779. The van der Waals surface area contributed by atoms with Crippen molar-refractivity contribution < 1.29 is 13.6 Å². The molecule has 0 saturated carbocycles. The summed E-state index contributed by atoms with van der Waals surface area (Å²) in [4.78, 5) is 11.4. The van der Waals surface area contributed by atoms with E-state index in [1.807, 2.05) is 0 Å². The normalized spacial score (nSPS) is 12.3. The molecule has 0 bridgehead atoms. The smallest absolute Gasteiger partial charge is 0.251 e. The molecule has 0 aromatic heterocycles. The Labute approximate surface area is 91.2 Å². The van der Waals surface area contributed by atoms with Crippen LogP contribution in [0.15, 0.2) is 18.2 Å². The van der Waals surface area contributed by atoms with Gasteiger partial charge in [-0.2, -0.15) is 0 Å². The van der Waals surface area contributed by atoms with Crippen LogP contribution < -0.4 is 5.32 Å². The second-order valence-electron chi connectivity index (χ2n) is 3.15. The minimum absolute atomic E-state index is 0.0511. The lowest BCUT2D eigenvalue weighted by Gasteiger charge is -2.06. The van der Waals surface area contributed by atoms with E-state index in [9.17, 15) is 13.6 Å². The zero-order valence-electron chi connectivity index (χ0n) is 8.06. The van der Waals surface area contributed by atoms with Gasteiger partial charge >= 0.3 is 0 Å². The molecule has 0 aliphatic rings. The Morgan fingerprint density at radius 3 is 2.40 bits per heavy atom. The number of nitrogens with one attached hydrogen (secondary N) is 1. The van der Waals surface area contributed by atoms with Crippen molar-refractivity contribution in [2.45, 2.75) is 12.3 Å². The first-order valence-corrected chi connectivity index (χ1v) is 4.81. The van der Waals surface area contributed by atoms with Crippen molar-refractivity contribution >= 4 is 17.5 Å². The lowest BCUT2D eigenvalue weighted by atomic mass is 10.2. The van der Waals surface area contributed by atoms with E-state index >= 15 is 0 Å². The number of benzene rings is 1. The maximum Gasteiger partial charge on any atom is 0.251 e. The van der Waals surface area contributed by atoms with Crippen molar-refractivity contribution in [3.05, 3.63) is 35.4 Å². The standard InChI is InChI=1S/C10H10ClF2NO/c1-6(11)5-14-10(15)7-2-8(12)4-9(13)3-7/h2-4,6H,5H2,1H3,(H,14,15). The van der Waals surface area contributed by atoms with Crippen LogP contribution in [0.4, 0.5) is 8.78 Å². The molecule has 15 heavy (non-hydrogen) atoms. The van der Waals surface area contributed by atoms with E-state index in [-0.39, 0.29) is 17.5 Å². The van der Waals surface area contributed by atoms with Crippen LogP contribution in [0.5, 0.6) is 0 Å². The van der Waals surface area contributed by atoms with Crippen molar-refractivity contribution in [1.82, 2.24) is 5.32 Å². The molecular formula is C10H10ClF2NO. The third-order valence-corrected chi connectivity index (χ3v) is 1.82. The van der Waals surface area contributed by atoms with Crippen LogP contribution in [0.3, 0.4) is 0 Å². The van der Waals surface area contributed by atoms with Gasteiger partial charge in [0.15, 0.2) is 0 Å². The van der Waals surface area contributed by atoms with Crippen molar-refractivity contribution in [2.75, 3.05) is 6.54 Å². The molecule has 0 heterocycles. The Morgan fingerprint density at radius 2 is 1.93 bits per heavy atom. The average molecular weight is 234 g/mol. The summed E-state index contributed by atoms with van der Waals surface area (Å²) >= 11 is 5.61. The number of rotatable bonds is 3. The van der Waals surface area contributed by atoms with Crippen molar-refractivity contribution in [3.63, 3.8) is 0 Å². The van der Waals surface area contributed by atoms with Gasteiger partial charge in [0.05, 0.1) is 0 Å². The molecule has 1 amide bonds. The Hall–Kier alpha value is -1.16. The molecule has 1 aromatic rings. The molecular weight excluding hydrogens is 224 g/mol. The fraction of sp³-hybridized carbons (Fsp3) is 0.300. The number of hydrogen-bond acceptors (Lipinski definition) is 1. The van der Waals surface area contributed by atoms with Gasteiger partial charge in [-0.1, -0.05) is 0 Å². The second-order valence-corrected chi connectivity index (χ2v) is 3.89. The third kappa shape index (κ3) is 3.83. The summed E-state index contributed by atoms with van der Waals surface area (Å²) in [5.41, 5.74) is -0.0511. The summed E-state index contributed by atoms with van der Waals surface area (Å²) < 4.78 is 25.5. The van der Waals surface area contributed by atoms with Gasteiger partial charge in [0, 0.05) is 23.6 Å². The zero-order valence-corrected chi connectivity index (χ0v) is 8.81. The predicted octanol–water partition coefficient (Wildman–Crippen LogP) is 2.32. The predicted molar refractivity (Wildman–Crippen MR) is 54.0 cm³/mol. The lowest BCUT2D eigenvalue weighted by molar-refractivity contribution is 0.0953. The molecule has 1 atom stereocenters. The SMILES string of the molecule is CC(Cl)CNC(=O)c1cc(F)cc(F)c1. The molecule has 0 saturated heterocycles. The summed E-state index contributed by atoms with van der Waals surface area (Å²) in [5.74, 6) is -2.10. The monoisotopic (exact) mass is 233 g/mol. The first-order chi connectivity index (χ1) is 6.99. The first-order valence-electron chi connectivity index (χ1n) is 4.37. The highest BCUT2D eigenvalue weighted by atomic mass is 35.5. The molecule has 0 radical (unpaired) electrons. The van der Waals surface area contributed by atoms with Gasteiger partial charge < -0.3 is 5.32 Å². The molecule has 2 nitrogen and oxygen atoms in total. The van der Waals surface area contributed by atoms with Gasteiger partial charge in [-0.15, -0.1) is 11.6 Å². The average Bonchev–Trinajstić information content (AvgIpc) is 2.12. The first kappa shape index (κ1) is 11.9. The summed E-state index contributed by atoms with van der Waals surface area (Å²) in [6, 6.07) is 2.65. The number of halogens is 3. The highest BCUT2D eigenvalue weighted by Gasteiger charge is 2.09. The molecule has 82 valence electrons. The highest BCUT2D eigenvalue weighted by molar-refractivity contribution is 6.20. The fourth-order valence-corrected chi connectivity index (χ4v) is 1.10. The van der Waals surface area contributed by atoms with Crippen LogP contribution in [0.1, 0.15) is 17.3 Å². The van der Waals surface area contributed by atoms with Gasteiger partial charge in [-0.3, -0.25) is 4.79 Å². The number of hydrogen-bond donors (Lipinski definition) is 1. The Kier molecular flexibility index (Phi) is 4.03. The molecule has 5 heteroatoms. The van der Waals surface area contributed by atoms with E-state index in [1.54, 1.807) is 6.92 Å². The fourth-order valence-electron chi connectivity index (χ4n) is 1.02. The molecule has 0 aliphatic heterocycles. The molecule has 1 rings (SSSR count). The van der Waals surface area contributed by atoms with Gasteiger partial charge in [0.25, 0.3) is 5.91 Å². The highest BCUT2D eigenvalue weighted by Crippen LogP contribution is 2.07. The minimum Gasteiger partial charge on any atom is -0.351 e. The second kappa shape index (κ2) is 5.07. The Morgan fingerprint density at radius 1 is 1.40 bits per heavy atom. The summed E-state index contributed by atoms with van der Waals surface area (Å²) in [6.45, 7) is 1.95. The summed E-state index contributed by atoms with van der Waals surface area (Å²) in [7, 11) is 0. The van der Waals surface area contributed by atoms with Crippen LogP contribution in [0, 0.1) is 11.6 Å². The van der Waals surface area contributed by atoms with E-state index in [2.05, 4.69) is 5.32 Å². The largest absolute Gasteiger partial charge is 0.351 e. The molecule has 1 aromatic carbocycles. The lowest BCUT2D eigenvalue weighted by Crippen LogP contribution is -2.28. The van der Waals surface area contributed by atoms with Crippen molar-refractivity contribution in [2.24, 2.45) is 0 Å². The third-order valence-electron chi connectivity index (χ3n) is 1.67. The summed E-state index contributed by atoms with van der Waals surface area (Å²) in [5, 5.41) is 2.22. The van der Waals surface area contributed by atoms with E-state index in [0.717, 1.165) is 12.1 Å². The van der Waals surface area contributed by atoms with E-state index < -0.39 is 17.5 Å².